The lowest BCUT2D eigenvalue weighted by Gasteiger charge is -2.26. The van der Waals surface area contributed by atoms with Crippen LogP contribution in [0, 0.1) is 6.92 Å². The first-order valence-electron chi connectivity index (χ1n) is 8.81. The molecule has 0 saturated carbocycles. The Bertz CT molecular complexity index is 886. The normalized spacial score (nSPS) is 13.2. The number of hydrogen-bond donors (Lipinski definition) is 2. The van der Waals surface area contributed by atoms with Gasteiger partial charge < -0.3 is 15.5 Å². The van der Waals surface area contributed by atoms with Gasteiger partial charge >= 0.3 is 0 Å². The van der Waals surface area contributed by atoms with E-state index in [4.69, 9.17) is 0 Å². The van der Waals surface area contributed by atoms with Crippen LogP contribution in [0.3, 0.4) is 0 Å². The molecular formula is C18H23N5O3S. The molecular weight excluding hydrogens is 366 g/mol. The average Bonchev–Trinajstić information content (AvgIpc) is 3.24. The lowest BCUT2D eigenvalue weighted by atomic mass is 10.0. The Morgan fingerprint density at radius 3 is 2.67 bits per heavy atom. The van der Waals surface area contributed by atoms with Gasteiger partial charge in [0.05, 0.1) is 11.4 Å². The molecule has 1 aliphatic heterocycles. The van der Waals surface area contributed by atoms with E-state index in [9.17, 15) is 14.4 Å². The average molecular weight is 389 g/mol. The number of hydrogen-bond acceptors (Lipinski definition) is 5. The highest BCUT2D eigenvalue weighted by atomic mass is 32.1. The maximum atomic E-state index is 12.2. The maximum absolute atomic E-state index is 12.2. The number of fused-ring (bicyclic) bond motifs is 1. The molecule has 0 bridgehead atoms. The van der Waals surface area contributed by atoms with E-state index < -0.39 is 0 Å². The van der Waals surface area contributed by atoms with Crippen molar-refractivity contribution in [1.82, 2.24) is 25.3 Å². The van der Waals surface area contributed by atoms with Gasteiger partial charge in [-0.05, 0) is 19.1 Å². The van der Waals surface area contributed by atoms with Crippen molar-refractivity contribution in [2.45, 2.75) is 33.4 Å². The van der Waals surface area contributed by atoms with Crippen LogP contribution in [0.2, 0.25) is 0 Å². The fourth-order valence-corrected chi connectivity index (χ4v) is 3.95. The van der Waals surface area contributed by atoms with Crippen LogP contribution in [-0.4, -0.2) is 52.5 Å². The van der Waals surface area contributed by atoms with Gasteiger partial charge in [0, 0.05) is 56.2 Å². The summed E-state index contributed by atoms with van der Waals surface area (Å²) in [6, 6.07) is 3.73. The van der Waals surface area contributed by atoms with Crippen LogP contribution in [0.1, 0.15) is 43.2 Å². The van der Waals surface area contributed by atoms with Gasteiger partial charge in [-0.25, -0.2) is 0 Å². The van der Waals surface area contributed by atoms with Crippen molar-refractivity contribution < 1.29 is 14.4 Å². The molecule has 9 heteroatoms. The number of nitrogens with one attached hydrogen (secondary N) is 2. The maximum Gasteiger partial charge on any atom is 0.271 e. The van der Waals surface area contributed by atoms with Gasteiger partial charge in [-0.2, -0.15) is 5.10 Å². The van der Waals surface area contributed by atoms with Crippen molar-refractivity contribution in [3.8, 4) is 0 Å². The predicted octanol–water partition coefficient (Wildman–Crippen LogP) is 0.947. The van der Waals surface area contributed by atoms with Crippen LogP contribution in [0.25, 0.3) is 0 Å². The van der Waals surface area contributed by atoms with Gasteiger partial charge in [0.1, 0.15) is 0 Å². The first kappa shape index (κ1) is 19.1. The Kier molecular flexibility index (Phi) is 5.59. The van der Waals surface area contributed by atoms with E-state index in [1.54, 1.807) is 16.6 Å². The Morgan fingerprint density at radius 1 is 1.26 bits per heavy atom. The van der Waals surface area contributed by atoms with Crippen molar-refractivity contribution in [3.63, 3.8) is 0 Å². The van der Waals surface area contributed by atoms with Crippen molar-refractivity contribution in [2.24, 2.45) is 0 Å². The van der Waals surface area contributed by atoms with Crippen LogP contribution < -0.4 is 10.6 Å². The number of carbonyl (C=O) groups is 3. The zero-order valence-corrected chi connectivity index (χ0v) is 16.5. The van der Waals surface area contributed by atoms with Crippen LogP contribution in [0.5, 0.6) is 0 Å². The molecule has 2 N–H and O–H groups in total. The Hall–Kier alpha value is -2.68. The standard InChI is InChI=1S/C18H23N5O3S/c1-11-4-5-15(27-11)17(25)20-7-9-23-14-6-8-22(12(2)24)10-13(14)16(21-23)18(26)19-3/h4-5H,6-10H2,1-3H3,(H,19,26)(H,20,25). The SMILES string of the molecule is CNC(=O)c1nn(CCNC(=O)c2ccc(C)s2)c2c1CN(C(C)=O)CC2. The third-order valence-corrected chi connectivity index (χ3v) is 5.59. The molecule has 0 spiro atoms. The zero-order valence-electron chi connectivity index (χ0n) is 15.7. The largest absolute Gasteiger partial charge is 0.354 e. The van der Waals surface area contributed by atoms with E-state index in [-0.39, 0.29) is 17.7 Å². The van der Waals surface area contributed by atoms with E-state index in [0.29, 0.717) is 43.2 Å². The fraction of sp³-hybridized carbons (Fsp3) is 0.444. The Balaban J connectivity index is 1.73. The second-order valence-corrected chi connectivity index (χ2v) is 7.72. The van der Waals surface area contributed by atoms with Crippen molar-refractivity contribution >= 4 is 29.1 Å². The van der Waals surface area contributed by atoms with Crippen LogP contribution in [0.15, 0.2) is 12.1 Å². The lowest BCUT2D eigenvalue weighted by Crippen LogP contribution is -2.36. The van der Waals surface area contributed by atoms with E-state index in [0.717, 1.165) is 16.1 Å². The summed E-state index contributed by atoms with van der Waals surface area (Å²) in [7, 11) is 1.56. The molecule has 0 atom stereocenters. The molecule has 8 nitrogen and oxygen atoms in total. The van der Waals surface area contributed by atoms with Gasteiger partial charge in [-0.1, -0.05) is 0 Å². The van der Waals surface area contributed by atoms with Crippen LogP contribution in [0.4, 0.5) is 0 Å². The minimum absolute atomic E-state index is 0.0187. The molecule has 2 aromatic rings. The third-order valence-electron chi connectivity index (χ3n) is 4.59. The number of amides is 3. The highest BCUT2D eigenvalue weighted by Gasteiger charge is 2.28. The summed E-state index contributed by atoms with van der Waals surface area (Å²) >= 11 is 1.45. The van der Waals surface area contributed by atoms with Gasteiger partial charge in [-0.15, -0.1) is 11.3 Å². The smallest absolute Gasteiger partial charge is 0.271 e. The highest BCUT2D eigenvalue weighted by Crippen LogP contribution is 2.23. The number of aryl methyl sites for hydroxylation is 1. The number of rotatable bonds is 5. The Morgan fingerprint density at radius 2 is 2.04 bits per heavy atom. The highest BCUT2D eigenvalue weighted by molar-refractivity contribution is 7.13. The monoisotopic (exact) mass is 389 g/mol. The minimum Gasteiger partial charge on any atom is -0.354 e. The van der Waals surface area contributed by atoms with Gasteiger partial charge in [0.15, 0.2) is 5.69 Å². The third kappa shape index (κ3) is 4.02. The quantitative estimate of drug-likeness (QED) is 0.796. The number of carbonyl (C=O) groups excluding carboxylic acids is 3. The molecule has 27 heavy (non-hydrogen) atoms. The molecule has 0 saturated heterocycles. The van der Waals surface area contributed by atoms with Crippen LogP contribution in [-0.2, 0) is 24.3 Å². The van der Waals surface area contributed by atoms with E-state index in [1.165, 1.54) is 18.3 Å². The van der Waals surface area contributed by atoms with Crippen molar-refractivity contribution in [3.05, 3.63) is 38.8 Å². The van der Waals surface area contributed by atoms with Crippen LogP contribution >= 0.6 is 11.3 Å². The lowest BCUT2D eigenvalue weighted by molar-refractivity contribution is -0.129. The number of thiophene rings is 1. The first-order valence-corrected chi connectivity index (χ1v) is 9.63. The second kappa shape index (κ2) is 7.91. The molecule has 0 radical (unpaired) electrons. The zero-order chi connectivity index (χ0) is 19.6. The minimum atomic E-state index is -0.270. The predicted molar refractivity (Wildman–Crippen MR) is 102 cm³/mol. The summed E-state index contributed by atoms with van der Waals surface area (Å²) in [4.78, 5) is 39.5. The number of aromatic nitrogens is 2. The van der Waals surface area contributed by atoms with E-state index in [2.05, 4.69) is 15.7 Å². The first-order chi connectivity index (χ1) is 12.9. The Labute approximate surface area is 161 Å². The molecule has 3 rings (SSSR count). The molecule has 1 aliphatic rings. The molecule has 2 aromatic heterocycles. The van der Waals surface area contributed by atoms with E-state index in [1.807, 2.05) is 19.1 Å². The van der Waals surface area contributed by atoms with Gasteiger partial charge in [-0.3, -0.25) is 19.1 Å². The second-order valence-electron chi connectivity index (χ2n) is 6.43. The molecule has 144 valence electrons. The molecule has 0 unspecified atom stereocenters. The van der Waals surface area contributed by atoms with E-state index >= 15 is 0 Å². The summed E-state index contributed by atoms with van der Waals surface area (Å²) in [5.74, 6) is -0.397. The fourth-order valence-electron chi connectivity index (χ4n) is 3.16. The topological polar surface area (TPSA) is 96.3 Å². The molecule has 3 heterocycles. The molecule has 3 amide bonds. The summed E-state index contributed by atoms with van der Waals surface area (Å²) in [6.07, 6.45) is 0.636. The summed E-state index contributed by atoms with van der Waals surface area (Å²) in [6.45, 7) is 5.35. The summed E-state index contributed by atoms with van der Waals surface area (Å²) in [5.41, 5.74) is 2.09. The van der Waals surface area contributed by atoms with Crippen molar-refractivity contribution in [1.29, 1.82) is 0 Å². The molecule has 0 aromatic carbocycles. The van der Waals surface area contributed by atoms with Crippen molar-refractivity contribution in [2.75, 3.05) is 20.1 Å². The van der Waals surface area contributed by atoms with Gasteiger partial charge in [0.2, 0.25) is 5.91 Å². The van der Waals surface area contributed by atoms with Gasteiger partial charge in [0.25, 0.3) is 11.8 Å². The summed E-state index contributed by atoms with van der Waals surface area (Å²) < 4.78 is 1.78. The molecule has 0 aliphatic carbocycles. The number of nitrogens with zero attached hydrogens (tertiary/aromatic N) is 3. The molecule has 0 fully saturated rings. The summed E-state index contributed by atoms with van der Waals surface area (Å²) in [5, 5.41) is 9.94.